The fourth-order valence-corrected chi connectivity index (χ4v) is 4.20. The van der Waals surface area contributed by atoms with Gasteiger partial charge in [0.05, 0.1) is 0 Å². The van der Waals surface area contributed by atoms with Crippen LogP contribution in [0.15, 0.2) is 54.6 Å². The van der Waals surface area contributed by atoms with E-state index in [9.17, 15) is 0 Å². The third-order valence-corrected chi connectivity index (χ3v) is 5.20. The molecule has 0 amide bonds. The van der Waals surface area contributed by atoms with Gasteiger partial charge in [-0.05, 0) is 34.5 Å². The smallest absolute Gasteiger partial charge is 0.00259 e. The highest BCUT2D eigenvalue weighted by Crippen LogP contribution is 2.42. The van der Waals surface area contributed by atoms with Crippen LogP contribution in [0.2, 0.25) is 0 Å². The van der Waals surface area contributed by atoms with Crippen molar-refractivity contribution in [3.63, 3.8) is 0 Å². The predicted molar refractivity (Wildman–Crippen MR) is 87.5 cm³/mol. The van der Waals surface area contributed by atoms with Crippen LogP contribution in [0.1, 0.15) is 25.3 Å². The monoisotopic (exact) mass is 266 g/mol. The first kappa shape index (κ1) is 12.5. The van der Waals surface area contributed by atoms with E-state index in [1.165, 1.54) is 35.3 Å². The Hall–Kier alpha value is -1.52. The Morgan fingerprint density at radius 2 is 1.63 bits per heavy atom. The molecule has 1 atom stereocenters. The molecule has 0 spiro atoms. The standard InChI is InChI=1S/C18H19P/c1-2-3-11-16-15-12-7-8-13-17(15)19-18(16)14-9-5-4-6-10-14/h4-10,12-13,19H,2-3,11H2,1H3. The first-order valence-electron chi connectivity index (χ1n) is 7.05. The van der Waals surface area contributed by atoms with E-state index in [1.54, 1.807) is 10.9 Å². The first-order chi connectivity index (χ1) is 9.40. The van der Waals surface area contributed by atoms with Crippen LogP contribution in [0, 0.1) is 0 Å². The highest BCUT2D eigenvalue weighted by molar-refractivity contribution is 7.41. The summed E-state index contributed by atoms with van der Waals surface area (Å²) < 4.78 is 0. The Bertz CT molecular complexity index is 664. The zero-order valence-electron chi connectivity index (χ0n) is 11.3. The van der Waals surface area contributed by atoms with Gasteiger partial charge in [0.25, 0.3) is 0 Å². The summed E-state index contributed by atoms with van der Waals surface area (Å²) in [6.07, 6.45) is 3.76. The van der Waals surface area contributed by atoms with Crippen molar-refractivity contribution in [3.05, 3.63) is 60.2 Å². The maximum absolute atomic E-state index is 2.29. The third-order valence-electron chi connectivity index (χ3n) is 3.66. The maximum atomic E-state index is 2.29. The van der Waals surface area contributed by atoms with Crippen LogP contribution in [0.3, 0.4) is 0 Å². The Balaban J connectivity index is 2.17. The zero-order chi connectivity index (χ0) is 13.1. The number of aryl methyl sites for hydroxylation is 1. The number of hydrogen-bond donors (Lipinski definition) is 0. The summed E-state index contributed by atoms with van der Waals surface area (Å²) in [5.74, 6) is 0. The summed E-state index contributed by atoms with van der Waals surface area (Å²) in [6, 6.07) is 19.8. The van der Waals surface area contributed by atoms with Crippen molar-refractivity contribution >= 4 is 18.7 Å². The number of benzene rings is 2. The molecule has 19 heavy (non-hydrogen) atoms. The van der Waals surface area contributed by atoms with E-state index in [4.69, 9.17) is 0 Å². The van der Waals surface area contributed by atoms with E-state index >= 15 is 0 Å². The zero-order valence-corrected chi connectivity index (χ0v) is 12.3. The lowest BCUT2D eigenvalue weighted by atomic mass is 10.0. The topological polar surface area (TPSA) is 0 Å². The second-order valence-corrected chi connectivity index (χ2v) is 6.28. The van der Waals surface area contributed by atoms with E-state index in [0.29, 0.717) is 0 Å². The number of fused-ring (bicyclic) bond motifs is 1. The van der Waals surface area contributed by atoms with Gasteiger partial charge in [0.1, 0.15) is 0 Å². The quantitative estimate of drug-likeness (QED) is 0.553. The SMILES string of the molecule is CCCCc1c(-c2ccccc2)[pH]c2ccccc12. The maximum Gasteiger partial charge on any atom is 0.00259 e. The average Bonchev–Trinajstić information content (AvgIpc) is 2.85. The first-order valence-corrected chi connectivity index (χ1v) is 8.05. The van der Waals surface area contributed by atoms with Gasteiger partial charge in [-0.15, -0.1) is 8.19 Å². The molecule has 2 aromatic carbocycles. The molecule has 0 N–H and O–H groups in total. The molecule has 0 aliphatic heterocycles. The molecule has 0 aliphatic carbocycles. The predicted octanol–water partition coefficient (Wildman–Crippen LogP) is 5.88. The van der Waals surface area contributed by atoms with Gasteiger partial charge in [-0.1, -0.05) is 67.9 Å². The molecule has 96 valence electrons. The van der Waals surface area contributed by atoms with Crippen molar-refractivity contribution in [1.82, 2.24) is 0 Å². The lowest BCUT2D eigenvalue weighted by Gasteiger charge is -2.05. The summed E-state index contributed by atoms with van der Waals surface area (Å²) in [7, 11) is 0.819. The molecule has 0 nitrogen and oxygen atoms in total. The third kappa shape index (κ3) is 2.46. The van der Waals surface area contributed by atoms with Crippen LogP contribution < -0.4 is 0 Å². The van der Waals surface area contributed by atoms with Gasteiger partial charge >= 0.3 is 0 Å². The molecular weight excluding hydrogens is 247 g/mol. The largest absolute Gasteiger partial charge is 0.123 e. The molecule has 1 heterocycles. The molecule has 1 heteroatoms. The van der Waals surface area contributed by atoms with E-state index in [1.807, 2.05) is 0 Å². The van der Waals surface area contributed by atoms with E-state index in [0.717, 1.165) is 8.19 Å². The summed E-state index contributed by atoms with van der Waals surface area (Å²) in [6.45, 7) is 2.27. The number of hydrogen-bond acceptors (Lipinski definition) is 0. The van der Waals surface area contributed by atoms with Crippen LogP contribution in [0.25, 0.3) is 21.4 Å². The molecule has 0 saturated heterocycles. The van der Waals surface area contributed by atoms with Crippen LogP contribution in [0.4, 0.5) is 0 Å². The van der Waals surface area contributed by atoms with Crippen LogP contribution in [-0.4, -0.2) is 0 Å². The fraction of sp³-hybridized carbons (Fsp3) is 0.222. The Morgan fingerprint density at radius 1 is 0.895 bits per heavy atom. The second kappa shape index (κ2) is 5.63. The van der Waals surface area contributed by atoms with Gasteiger partial charge in [0, 0.05) is 5.30 Å². The molecule has 0 fully saturated rings. The Kier molecular flexibility index (Phi) is 3.71. The highest BCUT2D eigenvalue weighted by Gasteiger charge is 2.11. The summed E-state index contributed by atoms with van der Waals surface area (Å²) >= 11 is 0. The second-order valence-electron chi connectivity index (χ2n) is 4.99. The normalized spacial score (nSPS) is 11.4. The van der Waals surface area contributed by atoms with Gasteiger partial charge in [-0.25, -0.2) is 0 Å². The van der Waals surface area contributed by atoms with Crippen molar-refractivity contribution in [2.45, 2.75) is 26.2 Å². The molecule has 0 aliphatic rings. The van der Waals surface area contributed by atoms with Crippen LogP contribution >= 0.6 is 8.19 Å². The minimum Gasteiger partial charge on any atom is -0.123 e. The molecule has 3 rings (SSSR count). The van der Waals surface area contributed by atoms with Gasteiger partial charge in [0.2, 0.25) is 0 Å². The molecule has 0 saturated carbocycles. The van der Waals surface area contributed by atoms with Gasteiger partial charge in [-0.3, -0.25) is 0 Å². The summed E-state index contributed by atoms with van der Waals surface area (Å²) in [5, 5.41) is 4.58. The minimum atomic E-state index is 0.819. The summed E-state index contributed by atoms with van der Waals surface area (Å²) in [4.78, 5) is 0. The van der Waals surface area contributed by atoms with E-state index in [2.05, 4.69) is 61.5 Å². The van der Waals surface area contributed by atoms with E-state index < -0.39 is 0 Å². The van der Waals surface area contributed by atoms with Crippen molar-refractivity contribution in [2.75, 3.05) is 0 Å². The highest BCUT2D eigenvalue weighted by atomic mass is 31.0. The van der Waals surface area contributed by atoms with Crippen molar-refractivity contribution < 1.29 is 0 Å². The van der Waals surface area contributed by atoms with Crippen molar-refractivity contribution in [3.8, 4) is 10.9 Å². The van der Waals surface area contributed by atoms with Gasteiger partial charge < -0.3 is 0 Å². The van der Waals surface area contributed by atoms with Gasteiger partial charge in [-0.2, -0.15) is 0 Å². The van der Waals surface area contributed by atoms with Gasteiger partial charge in [0.15, 0.2) is 0 Å². The van der Waals surface area contributed by atoms with Crippen LogP contribution in [-0.2, 0) is 6.42 Å². The molecule has 0 radical (unpaired) electrons. The van der Waals surface area contributed by atoms with E-state index in [-0.39, 0.29) is 0 Å². The molecule has 1 aromatic heterocycles. The number of unbranched alkanes of at least 4 members (excludes halogenated alkanes) is 1. The lowest BCUT2D eigenvalue weighted by Crippen LogP contribution is -1.86. The minimum absolute atomic E-state index is 0.819. The lowest BCUT2D eigenvalue weighted by molar-refractivity contribution is 0.801. The molecule has 3 aromatic rings. The van der Waals surface area contributed by atoms with Crippen molar-refractivity contribution in [2.24, 2.45) is 0 Å². The fourth-order valence-electron chi connectivity index (χ4n) is 2.66. The summed E-state index contributed by atoms with van der Waals surface area (Å²) in [5.41, 5.74) is 2.99. The molecular formula is C18H19P. The van der Waals surface area contributed by atoms with Crippen molar-refractivity contribution in [1.29, 1.82) is 0 Å². The Morgan fingerprint density at radius 3 is 2.42 bits per heavy atom. The molecule has 0 bridgehead atoms. The van der Waals surface area contributed by atoms with Crippen LogP contribution in [0.5, 0.6) is 0 Å². The molecule has 1 unspecified atom stereocenters. The Labute approximate surface area is 116 Å². The average molecular weight is 266 g/mol. The number of rotatable bonds is 4.